The van der Waals surface area contributed by atoms with Gasteiger partial charge in [-0.15, -0.1) is 0 Å². The van der Waals surface area contributed by atoms with Gasteiger partial charge in [0.25, 0.3) is 0 Å². The third kappa shape index (κ3) is 4.72. The Bertz CT molecular complexity index is 524. The van der Waals surface area contributed by atoms with E-state index >= 15 is 0 Å². The Labute approximate surface area is 116 Å². The first kappa shape index (κ1) is 15.7. The third-order valence-electron chi connectivity index (χ3n) is 2.62. The van der Waals surface area contributed by atoms with Gasteiger partial charge in [-0.1, -0.05) is 6.07 Å². The number of aryl methyl sites for hydroxylation is 1. The summed E-state index contributed by atoms with van der Waals surface area (Å²) >= 11 is 0. The minimum atomic E-state index is -1.06. The van der Waals surface area contributed by atoms with Crippen LogP contribution in [-0.2, 0) is 14.3 Å². The van der Waals surface area contributed by atoms with Gasteiger partial charge in [-0.3, -0.25) is 9.59 Å². The number of carboxylic acids is 1. The molecule has 0 saturated heterocycles. The van der Waals surface area contributed by atoms with Crippen molar-refractivity contribution in [3.63, 3.8) is 0 Å². The van der Waals surface area contributed by atoms with Gasteiger partial charge in [0.15, 0.2) is 0 Å². The fraction of sp³-hybridized carbons (Fsp3) is 0.357. The lowest BCUT2D eigenvalue weighted by molar-refractivity contribution is -0.144. The average Bonchev–Trinajstić information content (AvgIpc) is 2.39. The molecule has 0 atom stereocenters. The van der Waals surface area contributed by atoms with Crippen molar-refractivity contribution >= 4 is 23.5 Å². The number of amides is 1. The quantitative estimate of drug-likeness (QED) is 0.777. The Morgan fingerprint density at radius 3 is 2.55 bits per heavy atom. The first-order valence-electron chi connectivity index (χ1n) is 6.23. The smallest absolute Gasteiger partial charge is 0.335 e. The Balaban J connectivity index is 2.63. The van der Waals surface area contributed by atoms with E-state index < -0.39 is 11.9 Å². The first-order chi connectivity index (χ1) is 9.43. The van der Waals surface area contributed by atoms with Crippen molar-refractivity contribution in [3.05, 3.63) is 29.3 Å². The zero-order valence-corrected chi connectivity index (χ0v) is 11.4. The van der Waals surface area contributed by atoms with Crippen LogP contribution in [0.5, 0.6) is 0 Å². The van der Waals surface area contributed by atoms with Gasteiger partial charge in [-0.05, 0) is 31.5 Å². The van der Waals surface area contributed by atoms with Crippen LogP contribution in [0.15, 0.2) is 18.2 Å². The summed E-state index contributed by atoms with van der Waals surface area (Å²) in [6, 6.07) is 4.47. The van der Waals surface area contributed by atoms with E-state index in [4.69, 9.17) is 9.84 Å². The molecule has 0 fully saturated rings. The van der Waals surface area contributed by atoms with Crippen molar-refractivity contribution in [1.82, 2.24) is 0 Å². The molecular weight excluding hydrogens is 262 g/mol. The van der Waals surface area contributed by atoms with Crippen molar-refractivity contribution in [3.8, 4) is 0 Å². The van der Waals surface area contributed by atoms with Crippen LogP contribution >= 0.6 is 0 Å². The lowest BCUT2D eigenvalue weighted by atomic mass is 10.1. The fourth-order valence-corrected chi connectivity index (χ4v) is 1.55. The topological polar surface area (TPSA) is 92.7 Å². The summed E-state index contributed by atoms with van der Waals surface area (Å²) in [7, 11) is 0. The minimum Gasteiger partial charge on any atom is -0.478 e. The van der Waals surface area contributed by atoms with E-state index in [2.05, 4.69) is 5.32 Å². The minimum absolute atomic E-state index is 0.00264. The van der Waals surface area contributed by atoms with Gasteiger partial charge in [0.05, 0.1) is 18.6 Å². The van der Waals surface area contributed by atoms with E-state index in [-0.39, 0.29) is 30.9 Å². The van der Waals surface area contributed by atoms with Crippen LogP contribution in [0.4, 0.5) is 5.69 Å². The third-order valence-corrected chi connectivity index (χ3v) is 2.62. The molecule has 0 heterocycles. The highest BCUT2D eigenvalue weighted by Crippen LogP contribution is 2.17. The summed E-state index contributed by atoms with van der Waals surface area (Å²) in [6.07, 6.45) is -0.00703. The monoisotopic (exact) mass is 279 g/mol. The number of carbonyl (C=O) groups is 3. The van der Waals surface area contributed by atoms with E-state index in [0.29, 0.717) is 5.69 Å². The van der Waals surface area contributed by atoms with Crippen LogP contribution in [0.2, 0.25) is 0 Å². The largest absolute Gasteiger partial charge is 0.478 e. The molecule has 108 valence electrons. The highest BCUT2D eigenvalue weighted by Gasteiger charge is 2.11. The summed E-state index contributed by atoms with van der Waals surface area (Å²) in [6.45, 7) is 3.73. The summed E-state index contributed by atoms with van der Waals surface area (Å²) < 4.78 is 4.72. The van der Waals surface area contributed by atoms with Crippen LogP contribution in [-0.4, -0.2) is 29.6 Å². The van der Waals surface area contributed by atoms with Gasteiger partial charge in [-0.2, -0.15) is 0 Å². The molecule has 20 heavy (non-hydrogen) atoms. The molecule has 0 spiro atoms. The van der Waals surface area contributed by atoms with Gasteiger partial charge in [0.2, 0.25) is 5.91 Å². The van der Waals surface area contributed by atoms with Gasteiger partial charge < -0.3 is 15.2 Å². The maximum Gasteiger partial charge on any atom is 0.335 e. The maximum absolute atomic E-state index is 11.7. The highest BCUT2D eigenvalue weighted by atomic mass is 16.5. The lowest BCUT2D eigenvalue weighted by Gasteiger charge is -2.09. The molecule has 0 aliphatic carbocycles. The molecule has 0 aliphatic rings. The molecule has 6 nitrogen and oxygen atoms in total. The number of hydrogen-bond donors (Lipinski definition) is 2. The van der Waals surface area contributed by atoms with E-state index in [1.807, 2.05) is 0 Å². The van der Waals surface area contributed by atoms with Gasteiger partial charge in [0.1, 0.15) is 0 Å². The highest BCUT2D eigenvalue weighted by molar-refractivity contribution is 5.95. The molecule has 1 aromatic rings. The zero-order chi connectivity index (χ0) is 15.1. The normalized spacial score (nSPS) is 9.90. The van der Waals surface area contributed by atoms with Crippen LogP contribution in [0.3, 0.4) is 0 Å². The van der Waals surface area contributed by atoms with Crippen LogP contribution in [0.25, 0.3) is 0 Å². The molecule has 1 rings (SSSR count). The lowest BCUT2D eigenvalue weighted by Crippen LogP contribution is -2.15. The predicted molar refractivity (Wildman–Crippen MR) is 72.6 cm³/mol. The number of nitrogens with one attached hydrogen (secondary N) is 1. The Morgan fingerprint density at radius 1 is 1.25 bits per heavy atom. The number of esters is 1. The van der Waals surface area contributed by atoms with Gasteiger partial charge in [0, 0.05) is 12.1 Å². The van der Waals surface area contributed by atoms with Crippen molar-refractivity contribution in [2.45, 2.75) is 26.7 Å². The number of anilines is 1. The molecule has 0 aromatic heterocycles. The van der Waals surface area contributed by atoms with Crippen LogP contribution < -0.4 is 5.32 Å². The summed E-state index contributed by atoms with van der Waals surface area (Å²) in [5.41, 5.74) is 1.27. The van der Waals surface area contributed by atoms with E-state index in [1.54, 1.807) is 19.9 Å². The Kier molecular flexibility index (Phi) is 5.71. The number of carbonyl (C=O) groups excluding carboxylic acids is 2. The molecule has 0 saturated carbocycles. The van der Waals surface area contributed by atoms with Crippen molar-refractivity contribution in [2.24, 2.45) is 0 Å². The molecule has 0 radical (unpaired) electrons. The zero-order valence-electron chi connectivity index (χ0n) is 11.4. The maximum atomic E-state index is 11.7. The van der Waals surface area contributed by atoms with Crippen LogP contribution in [0, 0.1) is 6.92 Å². The number of benzene rings is 1. The second kappa shape index (κ2) is 7.28. The van der Waals surface area contributed by atoms with E-state index in [1.165, 1.54) is 12.1 Å². The molecule has 1 amide bonds. The fourth-order valence-electron chi connectivity index (χ4n) is 1.55. The van der Waals surface area contributed by atoms with Crippen molar-refractivity contribution < 1.29 is 24.2 Å². The molecule has 2 N–H and O–H groups in total. The number of ether oxygens (including phenoxy) is 1. The molecule has 1 aromatic carbocycles. The second-order valence-corrected chi connectivity index (χ2v) is 4.19. The van der Waals surface area contributed by atoms with E-state index in [0.717, 1.165) is 5.56 Å². The van der Waals surface area contributed by atoms with Crippen molar-refractivity contribution in [1.29, 1.82) is 0 Å². The van der Waals surface area contributed by atoms with Gasteiger partial charge >= 0.3 is 11.9 Å². The van der Waals surface area contributed by atoms with E-state index in [9.17, 15) is 14.4 Å². The first-order valence-corrected chi connectivity index (χ1v) is 6.23. The van der Waals surface area contributed by atoms with Gasteiger partial charge in [-0.25, -0.2) is 4.79 Å². The number of rotatable bonds is 6. The summed E-state index contributed by atoms with van der Waals surface area (Å²) in [4.78, 5) is 33.7. The van der Waals surface area contributed by atoms with Crippen LogP contribution in [0.1, 0.15) is 35.7 Å². The van der Waals surface area contributed by atoms with Crippen molar-refractivity contribution in [2.75, 3.05) is 11.9 Å². The summed E-state index contributed by atoms with van der Waals surface area (Å²) in [5, 5.41) is 11.5. The second-order valence-electron chi connectivity index (χ2n) is 4.19. The average molecular weight is 279 g/mol. The molecular formula is C14H17NO5. The Morgan fingerprint density at radius 2 is 1.95 bits per heavy atom. The number of carboxylic acid groups (broad SMARTS) is 1. The number of hydrogen-bond acceptors (Lipinski definition) is 4. The predicted octanol–water partition coefficient (Wildman–Crippen LogP) is 1.98. The standard InChI is InChI=1S/C14H17NO5/c1-3-20-13(17)7-6-12(16)15-11-8-10(14(18)19)5-4-9(11)2/h4-5,8H,3,6-7H2,1-2H3,(H,15,16)(H,18,19). The SMILES string of the molecule is CCOC(=O)CCC(=O)Nc1cc(C(=O)O)ccc1C. The molecule has 6 heteroatoms. The summed E-state index contributed by atoms with van der Waals surface area (Å²) in [5.74, 6) is -1.85. The molecule has 0 bridgehead atoms. The number of aromatic carboxylic acids is 1. The Hall–Kier alpha value is -2.37. The molecule has 0 unspecified atom stereocenters. The molecule has 0 aliphatic heterocycles.